The molecule has 0 bridgehead atoms. The van der Waals surface area contributed by atoms with Crippen LogP contribution < -0.4 is 5.32 Å². The monoisotopic (exact) mass is 287 g/mol. The van der Waals surface area contributed by atoms with Crippen LogP contribution in [0.5, 0.6) is 0 Å². The van der Waals surface area contributed by atoms with Crippen molar-refractivity contribution in [2.45, 2.75) is 25.9 Å². The maximum Gasteiger partial charge on any atom is 0.332 e. The summed E-state index contributed by atoms with van der Waals surface area (Å²) in [6.45, 7) is 4.97. The molecule has 0 amide bonds. The number of rotatable bonds is 6. The van der Waals surface area contributed by atoms with Gasteiger partial charge in [0.1, 0.15) is 5.82 Å². The highest BCUT2D eigenvalue weighted by Crippen LogP contribution is 2.25. The van der Waals surface area contributed by atoms with E-state index in [1.54, 1.807) is 6.20 Å². The summed E-state index contributed by atoms with van der Waals surface area (Å²) >= 11 is 0. The van der Waals surface area contributed by atoms with Crippen molar-refractivity contribution in [3.05, 3.63) is 54.1 Å². The van der Waals surface area contributed by atoms with Gasteiger partial charge in [-0.05, 0) is 19.0 Å². The summed E-state index contributed by atoms with van der Waals surface area (Å²) in [5.41, 5.74) is -0.0391. The van der Waals surface area contributed by atoms with Crippen molar-refractivity contribution in [3.8, 4) is 0 Å². The highest BCUT2D eigenvalue weighted by Gasteiger charge is 2.41. The lowest BCUT2D eigenvalue weighted by molar-refractivity contribution is -0.150. The molecule has 0 aliphatic carbocycles. The van der Waals surface area contributed by atoms with Crippen molar-refractivity contribution in [1.29, 1.82) is 0 Å². The molecule has 0 spiro atoms. The Morgan fingerprint density at radius 2 is 2.10 bits per heavy atom. The number of esters is 1. The number of likely N-dealkylation sites (N-methyl/N-ethyl adjacent to an activating group) is 1. The molecule has 5 heteroatoms. The van der Waals surface area contributed by atoms with Crippen molar-refractivity contribution in [2.75, 3.05) is 13.7 Å². The van der Waals surface area contributed by atoms with Gasteiger partial charge in [0.25, 0.3) is 0 Å². The van der Waals surface area contributed by atoms with Gasteiger partial charge in [0.15, 0.2) is 5.54 Å². The van der Waals surface area contributed by atoms with Crippen LogP contribution in [0.3, 0.4) is 0 Å². The second-order valence-corrected chi connectivity index (χ2v) is 4.90. The van der Waals surface area contributed by atoms with Crippen LogP contribution in [-0.4, -0.2) is 29.2 Å². The number of imidazole rings is 1. The van der Waals surface area contributed by atoms with E-state index in [9.17, 15) is 4.79 Å². The SMILES string of the molecule is CCNC(Cn1ccnc1C)(C(=O)OC)c1ccccc1. The van der Waals surface area contributed by atoms with Crippen LogP contribution in [0.15, 0.2) is 42.7 Å². The van der Waals surface area contributed by atoms with Gasteiger partial charge in [-0.2, -0.15) is 0 Å². The van der Waals surface area contributed by atoms with E-state index in [0.717, 1.165) is 11.4 Å². The molecule has 5 nitrogen and oxygen atoms in total. The zero-order chi connectivity index (χ0) is 15.3. The maximum atomic E-state index is 12.5. The molecule has 0 saturated carbocycles. The summed E-state index contributed by atoms with van der Waals surface area (Å²) in [4.78, 5) is 16.8. The molecule has 0 radical (unpaired) electrons. The van der Waals surface area contributed by atoms with Gasteiger partial charge in [0.05, 0.1) is 13.7 Å². The number of carbonyl (C=O) groups is 1. The average molecular weight is 287 g/mol. The van der Waals surface area contributed by atoms with E-state index in [4.69, 9.17) is 4.74 Å². The molecule has 112 valence electrons. The minimum absolute atomic E-state index is 0.302. The molecule has 0 aliphatic rings. The zero-order valence-electron chi connectivity index (χ0n) is 12.7. The number of carbonyl (C=O) groups excluding carboxylic acids is 1. The summed E-state index contributed by atoms with van der Waals surface area (Å²) in [5, 5.41) is 3.31. The molecule has 1 N–H and O–H groups in total. The highest BCUT2D eigenvalue weighted by atomic mass is 16.5. The van der Waals surface area contributed by atoms with Crippen molar-refractivity contribution < 1.29 is 9.53 Å². The standard InChI is InChI=1S/C16H21N3O2/c1-4-18-16(15(20)21-3,14-8-6-5-7-9-14)12-19-11-10-17-13(19)2/h5-11,18H,4,12H2,1-3H3. The highest BCUT2D eigenvalue weighted by molar-refractivity contribution is 5.82. The van der Waals surface area contributed by atoms with Crippen LogP contribution in [0.1, 0.15) is 18.3 Å². The van der Waals surface area contributed by atoms with Gasteiger partial charge in [0, 0.05) is 12.4 Å². The number of benzene rings is 1. The van der Waals surface area contributed by atoms with E-state index in [1.165, 1.54) is 7.11 Å². The summed E-state index contributed by atoms with van der Waals surface area (Å²) in [6.07, 6.45) is 3.60. The molecule has 1 aromatic heterocycles. The summed E-state index contributed by atoms with van der Waals surface area (Å²) in [6, 6.07) is 9.65. The van der Waals surface area contributed by atoms with Crippen LogP contribution in [-0.2, 0) is 21.6 Å². The molecule has 21 heavy (non-hydrogen) atoms. The Hall–Kier alpha value is -2.14. The van der Waals surface area contributed by atoms with Gasteiger partial charge < -0.3 is 9.30 Å². The van der Waals surface area contributed by atoms with Crippen LogP contribution >= 0.6 is 0 Å². The quantitative estimate of drug-likeness (QED) is 0.824. The van der Waals surface area contributed by atoms with Crippen molar-refractivity contribution in [3.63, 3.8) is 0 Å². The Labute approximate surface area is 125 Å². The normalized spacial score (nSPS) is 13.7. The van der Waals surface area contributed by atoms with Crippen LogP contribution in [0.2, 0.25) is 0 Å². The fourth-order valence-electron chi connectivity index (χ4n) is 2.53. The van der Waals surface area contributed by atoms with Gasteiger partial charge in [-0.25, -0.2) is 9.78 Å². The molecule has 0 saturated heterocycles. The molecule has 2 aromatic rings. The predicted molar refractivity (Wildman–Crippen MR) is 80.8 cm³/mol. The number of nitrogens with zero attached hydrogens (tertiary/aromatic N) is 2. The largest absolute Gasteiger partial charge is 0.467 e. The molecule has 0 fully saturated rings. The number of hydrogen-bond acceptors (Lipinski definition) is 4. The smallest absolute Gasteiger partial charge is 0.332 e. The molecule has 1 atom stereocenters. The number of aromatic nitrogens is 2. The Balaban J connectivity index is 2.50. The zero-order valence-corrected chi connectivity index (χ0v) is 12.7. The van der Waals surface area contributed by atoms with E-state index in [0.29, 0.717) is 13.1 Å². The van der Waals surface area contributed by atoms with Crippen LogP contribution in [0.4, 0.5) is 0 Å². The third kappa shape index (κ3) is 2.97. The first-order chi connectivity index (χ1) is 10.1. The molecule has 2 rings (SSSR count). The van der Waals surface area contributed by atoms with Gasteiger partial charge in [-0.1, -0.05) is 37.3 Å². The van der Waals surface area contributed by atoms with Gasteiger partial charge in [-0.3, -0.25) is 5.32 Å². The van der Waals surface area contributed by atoms with Crippen molar-refractivity contribution >= 4 is 5.97 Å². The first kappa shape index (κ1) is 15.3. The van der Waals surface area contributed by atoms with Crippen LogP contribution in [0.25, 0.3) is 0 Å². The lowest BCUT2D eigenvalue weighted by Gasteiger charge is -2.33. The molecular weight excluding hydrogens is 266 g/mol. The predicted octanol–water partition coefficient (Wildman–Crippen LogP) is 1.87. The minimum atomic E-state index is -0.920. The Kier molecular flexibility index (Phi) is 4.75. The fourth-order valence-corrected chi connectivity index (χ4v) is 2.53. The molecule has 1 heterocycles. The topological polar surface area (TPSA) is 56.2 Å². The molecule has 1 unspecified atom stereocenters. The Morgan fingerprint density at radius 3 is 2.62 bits per heavy atom. The Bertz CT molecular complexity index is 595. The number of ether oxygens (including phenoxy) is 1. The van der Waals surface area contributed by atoms with Crippen molar-refractivity contribution in [1.82, 2.24) is 14.9 Å². The first-order valence-corrected chi connectivity index (χ1v) is 7.00. The van der Waals surface area contributed by atoms with Gasteiger partial charge in [-0.15, -0.1) is 0 Å². The lowest BCUT2D eigenvalue weighted by atomic mass is 9.89. The summed E-state index contributed by atoms with van der Waals surface area (Å²) in [5.74, 6) is 0.556. The molecule has 1 aromatic carbocycles. The van der Waals surface area contributed by atoms with E-state index in [1.807, 2.05) is 54.9 Å². The third-order valence-electron chi connectivity index (χ3n) is 3.61. The maximum absolute atomic E-state index is 12.5. The summed E-state index contributed by atoms with van der Waals surface area (Å²) < 4.78 is 7.03. The van der Waals surface area contributed by atoms with Crippen LogP contribution in [0, 0.1) is 6.92 Å². The second-order valence-electron chi connectivity index (χ2n) is 4.90. The van der Waals surface area contributed by atoms with E-state index in [2.05, 4.69) is 10.3 Å². The third-order valence-corrected chi connectivity index (χ3v) is 3.61. The number of nitrogens with one attached hydrogen (secondary N) is 1. The average Bonchev–Trinajstić information content (AvgIpc) is 2.91. The lowest BCUT2D eigenvalue weighted by Crippen LogP contribution is -2.53. The van der Waals surface area contributed by atoms with E-state index < -0.39 is 5.54 Å². The fraction of sp³-hybridized carbons (Fsp3) is 0.375. The minimum Gasteiger partial charge on any atom is -0.467 e. The van der Waals surface area contributed by atoms with E-state index in [-0.39, 0.29) is 5.97 Å². The number of aryl methyl sites for hydroxylation is 1. The van der Waals surface area contributed by atoms with E-state index >= 15 is 0 Å². The van der Waals surface area contributed by atoms with Gasteiger partial charge in [0.2, 0.25) is 0 Å². The number of methoxy groups -OCH3 is 1. The second kappa shape index (κ2) is 6.54. The molecular formula is C16H21N3O2. The first-order valence-electron chi connectivity index (χ1n) is 7.00. The van der Waals surface area contributed by atoms with Crippen molar-refractivity contribution in [2.24, 2.45) is 0 Å². The Morgan fingerprint density at radius 1 is 1.38 bits per heavy atom. The van der Waals surface area contributed by atoms with Gasteiger partial charge >= 0.3 is 5.97 Å². The number of hydrogen-bond donors (Lipinski definition) is 1. The summed E-state index contributed by atoms with van der Waals surface area (Å²) in [7, 11) is 1.41. The molecule has 0 aliphatic heterocycles.